The van der Waals surface area contributed by atoms with Gasteiger partial charge in [-0.05, 0) is 30.4 Å². The highest BCUT2D eigenvalue weighted by Crippen LogP contribution is 2.36. The lowest BCUT2D eigenvalue weighted by Crippen LogP contribution is -2.47. The van der Waals surface area contributed by atoms with Crippen LogP contribution in [0.2, 0.25) is 0 Å². The van der Waals surface area contributed by atoms with Crippen molar-refractivity contribution in [2.45, 2.75) is 31.8 Å². The van der Waals surface area contributed by atoms with Crippen molar-refractivity contribution in [3.8, 4) is 0 Å². The van der Waals surface area contributed by atoms with Crippen molar-refractivity contribution in [2.75, 3.05) is 26.2 Å². The summed E-state index contributed by atoms with van der Waals surface area (Å²) in [6, 6.07) is 8.56. The summed E-state index contributed by atoms with van der Waals surface area (Å²) in [5.41, 5.74) is 8.42. The van der Waals surface area contributed by atoms with Gasteiger partial charge in [-0.3, -0.25) is 0 Å². The number of fused-ring (bicyclic) bond motifs is 1. The van der Waals surface area contributed by atoms with E-state index < -0.39 is 0 Å². The SMILES string of the molecule is CCC1(CN=C(N)N2CCC2)OCCc2ccccc21. The third-order valence-electron chi connectivity index (χ3n) is 4.51. The van der Waals surface area contributed by atoms with E-state index in [1.54, 1.807) is 0 Å². The van der Waals surface area contributed by atoms with Gasteiger partial charge in [-0.15, -0.1) is 0 Å². The van der Waals surface area contributed by atoms with Crippen LogP contribution in [0, 0.1) is 0 Å². The lowest BCUT2D eigenvalue weighted by atomic mass is 9.84. The smallest absolute Gasteiger partial charge is 0.191 e. The molecule has 0 saturated carbocycles. The van der Waals surface area contributed by atoms with E-state index in [-0.39, 0.29) is 5.60 Å². The van der Waals surface area contributed by atoms with Gasteiger partial charge in [0.25, 0.3) is 0 Å². The quantitative estimate of drug-likeness (QED) is 0.676. The molecule has 0 amide bonds. The van der Waals surface area contributed by atoms with Crippen molar-refractivity contribution in [3.05, 3.63) is 35.4 Å². The highest BCUT2D eigenvalue weighted by molar-refractivity contribution is 5.78. The molecule has 0 aromatic heterocycles. The Morgan fingerprint density at radius 3 is 2.90 bits per heavy atom. The summed E-state index contributed by atoms with van der Waals surface area (Å²) in [5, 5.41) is 0. The number of hydrogen-bond acceptors (Lipinski definition) is 2. The number of ether oxygens (including phenoxy) is 1. The molecule has 3 rings (SSSR count). The molecule has 1 saturated heterocycles. The molecular formula is C16H23N3O. The molecule has 2 aliphatic heterocycles. The van der Waals surface area contributed by atoms with Crippen LogP contribution in [-0.2, 0) is 16.8 Å². The van der Waals surface area contributed by atoms with Gasteiger partial charge in [0.15, 0.2) is 5.96 Å². The van der Waals surface area contributed by atoms with Gasteiger partial charge in [-0.25, -0.2) is 4.99 Å². The maximum atomic E-state index is 6.14. The third kappa shape index (κ3) is 2.29. The second kappa shape index (κ2) is 5.44. The van der Waals surface area contributed by atoms with Crippen molar-refractivity contribution < 1.29 is 4.74 Å². The normalized spacial score (nSPS) is 26.1. The van der Waals surface area contributed by atoms with Gasteiger partial charge in [-0.2, -0.15) is 0 Å². The van der Waals surface area contributed by atoms with Crippen molar-refractivity contribution >= 4 is 5.96 Å². The van der Waals surface area contributed by atoms with Gasteiger partial charge in [-0.1, -0.05) is 31.2 Å². The van der Waals surface area contributed by atoms with E-state index in [0.717, 1.165) is 32.5 Å². The van der Waals surface area contributed by atoms with Crippen molar-refractivity contribution in [2.24, 2.45) is 10.7 Å². The molecule has 1 unspecified atom stereocenters. The van der Waals surface area contributed by atoms with Gasteiger partial charge in [0.05, 0.1) is 13.2 Å². The largest absolute Gasteiger partial charge is 0.370 e. The van der Waals surface area contributed by atoms with E-state index >= 15 is 0 Å². The summed E-state index contributed by atoms with van der Waals surface area (Å²) >= 11 is 0. The molecule has 0 aliphatic carbocycles. The summed E-state index contributed by atoms with van der Waals surface area (Å²) < 4.78 is 6.14. The van der Waals surface area contributed by atoms with Crippen LogP contribution < -0.4 is 5.73 Å². The fourth-order valence-corrected chi connectivity index (χ4v) is 3.01. The van der Waals surface area contributed by atoms with Gasteiger partial charge in [0.1, 0.15) is 5.60 Å². The molecule has 108 valence electrons. The topological polar surface area (TPSA) is 50.8 Å². The number of aliphatic imine (C=N–C) groups is 1. The molecular weight excluding hydrogens is 250 g/mol. The van der Waals surface area contributed by atoms with Crippen molar-refractivity contribution in [1.82, 2.24) is 4.90 Å². The van der Waals surface area contributed by atoms with E-state index in [2.05, 4.69) is 41.1 Å². The first kappa shape index (κ1) is 13.4. The van der Waals surface area contributed by atoms with Crippen molar-refractivity contribution in [3.63, 3.8) is 0 Å². The summed E-state index contributed by atoms with van der Waals surface area (Å²) in [7, 11) is 0. The number of nitrogens with two attached hydrogens (primary N) is 1. The van der Waals surface area contributed by atoms with Gasteiger partial charge in [0.2, 0.25) is 0 Å². The summed E-state index contributed by atoms with van der Waals surface area (Å²) in [5.74, 6) is 0.663. The number of nitrogens with zero attached hydrogens (tertiary/aromatic N) is 2. The maximum absolute atomic E-state index is 6.14. The summed E-state index contributed by atoms with van der Waals surface area (Å²) in [4.78, 5) is 6.73. The lowest BCUT2D eigenvalue weighted by Gasteiger charge is -2.38. The Morgan fingerprint density at radius 2 is 2.20 bits per heavy atom. The first-order valence-corrected chi connectivity index (χ1v) is 7.52. The Balaban J connectivity index is 1.85. The number of guanidine groups is 1. The van der Waals surface area contributed by atoms with Gasteiger partial charge >= 0.3 is 0 Å². The Bertz CT molecular complexity index is 510. The molecule has 1 aromatic rings. The predicted molar refractivity (Wildman–Crippen MR) is 80.7 cm³/mol. The predicted octanol–water partition coefficient (Wildman–Crippen LogP) is 1.88. The molecule has 0 radical (unpaired) electrons. The zero-order valence-electron chi connectivity index (χ0n) is 12.1. The average molecular weight is 273 g/mol. The minimum Gasteiger partial charge on any atom is -0.370 e. The fraction of sp³-hybridized carbons (Fsp3) is 0.562. The Hall–Kier alpha value is -1.55. The zero-order chi connectivity index (χ0) is 14.0. The second-order valence-corrected chi connectivity index (χ2v) is 5.62. The first-order chi connectivity index (χ1) is 9.75. The van der Waals surface area contributed by atoms with E-state index in [0.29, 0.717) is 12.5 Å². The minimum absolute atomic E-state index is 0.301. The molecule has 2 N–H and O–H groups in total. The number of rotatable bonds is 3. The van der Waals surface area contributed by atoms with Crippen LogP contribution in [0.4, 0.5) is 0 Å². The monoisotopic (exact) mass is 273 g/mol. The molecule has 1 atom stereocenters. The number of hydrogen-bond donors (Lipinski definition) is 1. The Kier molecular flexibility index (Phi) is 3.66. The Morgan fingerprint density at radius 1 is 1.40 bits per heavy atom. The summed E-state index contributed by atoms with van der Waals surface area (Å²) in [6.07, 6.45) is 3.12. The highest BCUT2D eigenvalue weighted by Gasteiger charge is 2.36. The van der Waals surface area contributed by atoms with E-state index in [1.165, 1.54) is 17.5 Å². The van der Waals surface area contributed by atoms with Gasteiger partial charge in [0, 0.05) is 13.1 Å². The van der Waals surface area contributed by atoms with E-state index in [1.807, 2.05) is 0 Å². The van der Waals surface area contributed by atoms with Crippen LogP contribution in [0.5, 0.6) is 0 Å². The standard InChI is InChI=1S/C16H23N3O/c1-2-16(12-18-15(17)19-9-5-10-19)14-7-4-3-6-13(14)8-11-20-16/h3-4,6-7H,2,5,8-12H2,1H3,(H2,17,18). The van der Waals surface area contributed by atoms with E-state index in [4.69, 9.17) is 10.5 Å². The van der Waals surface area contributed by atoms with Crippen molar-refractivity contribution in [1.29, 1.82) is 0 Å². The molecule has 4 heteroatoms. The van der Waals surface area contributed by atoms with Gasteiger partial charge < -0.3 is 15.4 Å². The minimum atomic E-state index is -0.301. The van der Waals surface area contributed by atoms with Crippen LogP contribution in [0.3, 0.4) is 0 Å². The molecule has 4 nitrogen and oxygen atoms in total. The molecule has 0 spiro atoms. The third-order valence-corrected chi connectivity index (χ3v) is 4.51. The molecule has 0 bridgehead atoms. The lowest BCUT2D eigenvalue weighted by molar-refractivity contribution is -0.0560. The molecule has 2 heterocycles. The van der Waals surface area contributed by atoms with Crippen LogP contribution in [-0.4, -0.2) is 37.1 Å². The number of benzene rings is 1. The second-order valence-electron chi connectivity index (χ2n) is 5.62. The maximum Gasteiger partial charge on any atom is 0.191 e. The van der Waals surface area contributed by atoms with Crippen LogP contribution in [0.1, 0.15) is 30.9 Å². The van der Waals surface area contributed by atoms with E-state index in [9.17, 15) is 0 Å². The van der Waals surface area contributed by atoms with Crippen LogP contribution in [0.25, 0.3) is 0 Å². The zero-order valence-corrected chi connectivity index (χ0v) is 12.1. The first-order valence-electron chi connectivity index (χ1n) is 7.52. The summed E-state index contributed by atoms with van der Waals surface area (Å²) in [6.45, 7) is 5.61. The molecule has 1 fully saturated rings. The average Bonchev–Trinajstić information content (AvgIpc) is 2.43. The molecule has 1 aromatic carbocycles. The molecule has 20 heavy (non-hydrogen) atoms. The highest BCUT2D eigenvalue weighted by atomic mass is 16.5. The fourth-order valence-electron chi connectivity index (χ4n) is 3.01. The Labute approximate surface area is 120 Å². The number of likely N-dealkylation sites (tertiary alicyclic amines) is 1. The molecule has 2 aliphatic rings. The van der Waals surface area contributed by atoms with Crippen LogP contribution >= 0.6 is 0 Å². The van der Waals surface area contributed by atoms with Crippen LogP contribution in [0.15, 0.2) is 29.3 Å².